The number of carbonyl (C=O) groups is 2. The van der Waals surface area contributed by atoms with Crippen LogP contribution in [0.4, 0.5) is 5.69 Å². The minimum atomic E-state index is -1.38. The molecule has 2 aliphatic heterocycles. The largest absolute Gasteiger partial charge is 0.497 e. The standard InChI is InChI=1S/C26H32N2O4S/c1-3-32-25(30)26(19-20-10-9-11-21(18-20)31-2)24(29)28(17-16-27-14-7-4-8-15-27)22-12-5-6-13-23(22)33-26/h5-6,9-13,18H,3-4,7-8,14-17,19H2,1-2H3. The van der Waals surface area contributed by atoms with Crippen LogP contribution in [0.2, 0.25) is 0 Å². The summed E-state index contributed by atoms with van der Waals surface area (Å²) in [7, 11) is 1.61. The monoisotopic (exact) mass is 468 g/mol. The molecule has 176 valence electrons. The molecule has 7 heteroatoms. The number of thioether (sulfide) groups is 1. The van der Waals surface area contributed by atoms with Crippen molar-refractivity contribution in [1.29, 1.82) is 0 Å². The molecule has 1 saturated heterocycles. The Balaban J connectivity index is 1.70. The van der Waals surface area contributed by atoms with E-state index in [2.05, 4.69) is 4.90 Å². The highest BCUT2D eigenvalue weighted by Crippen LogP contribution is 2.47. The third kappa shape index (κ3) is 5.04. The van der Waals surface area contributed by atoms with Crippen LogP contribution in [0.15, 0.2) is 53.4 Å². The van der Waals surface area contributed by atoms with E-state index in [0.717, 1.165) is 35.8 Å². The molecule has 2 aromatic rings. The fourth-order valence-electron chi connectivity index (χ4n) is 4.60. The Morgan fingerprint density at radius 2 is 1.85 bits per heavy atom. The maximum absolute atomic E-state index is 14.1. The molecular weight excluding hydrogens is 436 g/mol. The van der Waals surface area contributed by atoms with Gasteiger partial charge in [-0.1, -0.05) is 42.4 Å². The maximum Gasteiger partial charge on any atom is 0.332 e. The molecule has 2 heterocycles. The molecule has 0 radical (unpaired) electrons. The highest BCUT2D eigenvalue weighted by atomic mass is 32.2. The van der Waals surface area contributed by atoms with Crippen LogP contribution in [0.5, 0.6) is 5.75 Å². The van der Waals surface area contributed by atoms with Gasteiger partial charge in [-0.25, -0.2) is 4.79 Å². The average molecular weight is 469 g/mol. The van der Waals surface area contributed by atoms with Gasteiger partial charge in [0.2, 0.25) is 4.75 Å². The average Bonchev–Trinajstić information content (AvgIpc) is 2.85. The lowest BCUT2D eigenvalue weighted by molar-refractivity contribution is -0.149. The zero-order valence-corrected chi connectivity index (χ0v) is 20.2. The van der Waals surface area contributed by atoms with Crippen molar-refractivity contribution in [2.45, 2.75) is 42.2 Å². The summed E-state index contributed by atoms with van der Waals surface area (Å²) in [6, 6.07) is 15.4. The summed E-state index contributed by atoms with van der Waals surface area (Å²) in [6.07, 6.45) is 3.90. The Labute approximate surface area is 200 Å². The third-order valence-corrected chi connectivity index (χ3v) is 7.71. The molecule has 2 aliphatic rings. The predicted molar refractivity (Wildman–Crippen MR) is 131 cm³/mol. The van der Waals surface area contributed by atoms with Crippen LogP contribution in [0.25, 0.3) is 0 Å². The second-order valence-corrected chi connectivity index (χ2v) is 9.85. The lowest BCUT2D eigenvalue weighted by atomic mass is 9.95. The van der Waals surface area contributed by atoms with E-state index in [4.69, 9.17) is 9.47 Å². The maximum atomic E-state index is 14.1. The van der Waals surface area contributed by atoms with Crippen molar-refractivity contribution in [3.8, 4) is 5.75 Å². The van der Waals surface area contributed by atoms with E-state index in [-0.39, 0.29) is 18.9 Å². The molecule has 0 aromatic heterocycles. The van der Waals surface area contributed by atoms with Crippen LogP contribution < -0.4 is 9.64 Å². The Kier molecular flexibility index (Phi) is 7.60. The van der Waals surface area contributed by atoms with E-state index >= 15 is 0 Å². The summed E-state index contributed by atoms with van der Waals surface area (Å²) in [6.45, 7) is 5.47. The molecule has 6 nitrogen and oxygen atoms in total. The number of para-hydroxylation sites is 1. The smallest absolute Gasteiger partial charge is 0.332 e. The van der Waals surface area contributed by atoms with E-state index in [9.17, 15) is 9.59 Å². The van der Waals surface area contributed by atoms with Gasteiger partial charge < -0.3 is 19.3 Å². The molecule has 1 atom stereocenters. The number of hydrogen-bond acceptors (Lipinski definition) is 6. The normalized spacial score (nSPS) is 20.9. The van der Waals surface area contributed by atoms with E-state index in [1.165, 1.54) is 31.0 Å². The number of ether oxygens (including phenoxy) is 2. The number of likely N-dealkylation sites (tertiary alicyclic amines) is 1. The van der Waals surface area contributed by atoms with Crippen molar-refractivity contribution in [3.05, 3.63) is 54.1 Å². The van der Waals surface area contributed by atoms with Crippen LogP contribution >= 0.6 is 11.8 Å². The summed E-state index contributed by atoms with van der Waals surface area (Å²) < 4.78 is 9.49. The van der Waals surface area contributed by atoms with Gasteiger partial charge in [-0.05, 0) is 62.7 Å². The number of esters is 1. The Bertz CT molecular complexity index is 992. The van der Waals surface area contributed by atoms with Crippen LogP contribution in [-0.2, 0) is 20.7 Å². The minimum Gasteiger partial charge on any atom is -0.497 e. The number of anilines is 1. The van der Waals surface area contributed by atoms with Gasteiger partial charge in [0.15, 0.2) is 0 Å². The number of amides is 1. The minimum absolute atomic E-state index is 0.204. The highest BCUT2D eigenvalue weighted by molar-refractivity contribution is 8.02. The van der Waals surface area contributed by atoms with Crippen molar-refractivity contribution in [1.82, 2.24) is 4.90 Å². The second-order valence-electron chi connectivity index (χ2n) is 8.50. The second kappa shape index (κ2) is 10.6. The molecule has 1 unspecified atom stereocenters. The predicted octanol–water partition coefficient (Wildman–Crippen LogP) is 4.16. The number of nitrogens with zero attached hydrogens (tertiary/aromatic N) is 2. The summed E-state index contributed by atoms with van der Waals surface area (Å²) in [5.41, 5.74) is 1.73. The highest BCUT2D eigenvalue weighted by Gasteiger charge is 2.54. The fourth-order valence-corrected chi connectivity index (χ4v) is 5.99. The van der Waals surface area contributed by atoms with Crippen LogP contribution in [-0.4, -0.2) is 61.4 Å². The van der Waals surface area contributed by atoms with Gasteiger partial charge in [-0.3, -0.25) is 4.79 Å². The zero-order chi connectivity index (χ0) is 23.3. The molecule has 1 amide bonds. The zero-order valence-electron chi connectivity index (χ0n) is 19.4. The van der Waals surface area contributed by atoms with Crippen molar-refractivity contribution < 1.29 is 19.1 Å². The van der Waals surface area contributed by atoms with E-state index in [1.54, 1.807) is 18.9 Å². The molecule has 1 fully saturated rings. The lowest BCUT2D eigenvalue weighted by Gasteiger charge is -2.41. The molecular formula is C26H32N2O4S. The number of rotatable bonds is 8. The molecule has 4 rings (SSSR count). The number of benzene rings is 2. The number of methoxy groups -OCH3 is 1. The first-order valence-corrected chi connectivity index (χ1v) is 12.5. The molecule has 0 aliphatic carbocycles. The van der Waals surface area contributed by atoms with Crippen molar-refractivity contribution >= 4 is 29.3 Å². The Hall–Kier alpha value is -2.51. The van der Waals surface area contributed by atoms with Crippen molar-refractivity contribution in [2.24, 2.45) is 0 Å². The van der Waals surface area contributed by atoms with Gasteiger partial charge >= 0.3 is 5.97 Å². The quantitative estimate of drug-likeness (QED) is 0.428. The molecule has 33 heavy (non-hydrogen) atoms. The van der Waals surface area contributed by atoms with Gasteiger partial charge in [0.05, 0.1) is 19.4 Å². The van der Waals surface area contributed by atoms with Gasteiger partial charge in [0.25, 0.3) is 5.91 Å². The number of fused-ring (bicyclic) bond motifs is 1. The summed E-state index contributed by atoms with van der Waals surface area (Å²) in [5.74, 6) is 0.00639. The van der Waals surface area contributed by atoms with Crippen LogP contribution in [0.3, 0.4) is 0 Å². The van der Waals surface area contributed by atoms with Gasteiger partial charge in [-0.2, -0.15) is 0 Å². The van der Waals surface area contributed by atoms with E-state index in [1.807, 2.05) is 48.5 Å². The lowest BCUT2D eigenvalue weighted by Crippen LogP contribution is -2.57. The molecule has 0 N–H and O–H groups in total. The Morgan fingerprint density at radius 3 is 2.61 bits per heavy atom. The first-order chi connectivity index (χ1) is 16.1. The number of piperidine rings is 1. The van der Waals surface area contributed by atoms with Crippen molar-refractivity contribution in [2.75, 3.05) is 44.8 Å². The van der Waals surface area contributed by atoms with Crippen LogP contribution in [0.1, 0.15) is 31.7 Å². The summed E-state index contributed by atoms with van der Waals surface area (Å²) in [4.78, 5) is 32.7. The molecule has 0 bridgehead atoms. The number of carbonyl (C=O) groups excluding carboxylic acids is 2. The van der Waals surface area contributed by atoms with E-state index < -0.39 is 10.7 Å². The fraction of sp³-hybridized carbons (Fsp3) is 0.462. The number of hydrogen-bond donors (Lipinski definition) is 0. The Morgan fingerprint density at radius 1 is 1.06 bits per heavy atom. The third-order valence-electron chi connectivity index (χ3n) is 6.31. The van der Waals surface area contributed by atoms with Gasteiger partial charge in [0, 0.05) is 24.4 Å². The molecule has 0 saturated carbocycles. The van der Waals surface area contributed by atoms with Gasteiger partial charge in [0.1, 0.15) is 5.75 Å². The summed E-state index contributed by atoms with van der Waals surface area (Å²) >= 11 is 1.31. The topological polar surface area (TPSA) is 59.1 Å². The molecule has 2 aromatic carbocycles. The van der Waals surface area contributed by atoms with Crippen LogP contribution in [0, 0.1) is 0 Å². The summed E-state index contributed by atoms with van der Waals surface area (Å²) in [5, 5.41) is 0. The first kappa shape index (κ1) is 23.6. The molecule has 0 spiro atoms. The van der Waals surface area contributed by atoms with Gasteiger partial charge in [-0.15, -0.1) is 0 Å². The van der Waals surface area contributed by atoms with E-state index in [0.29, 0.717) is 12.3 Å². The first-order valence-electron chi connectivity index (χ1n) is 11.7. The van der Waals surface area contributed by atoms with Crippen molar-refractivity contribution in [3.63, 3.8) is 0 Å². The SMILES string of the molecule is CCOC(=O)C1(Cc2cccc(OC)c2)Sc2ccccc2N(CCN2CCCCC2)C1=O.